The number of benzene rings is 1. The van der Waals surface area contributed by atoms with E-state index in [1.807, 2.05) is 60.9 Å². The fraction of sp³-hybridized carbons (Fsp3) is 0.435. The van der Waals surface area contributed by atoms with Crippen LogP contribution in [0.5, 0.6) is 0 Å². The summed E-state index contributed by atoms with van der Waals surface area (Å²) >= 11 is 0. The molecule has 0 radical (unpaired) electrons. The smallest absolute Gasteiger partial charge is 0.407 e. The SMILES string of the molecule is CC.O=C(NC1CC(n2c(=O)n(C3CC3)c3cccnc32)C1)OCc1ccccc1.[HH]. The lowest BCUT2D eigenvalue weighted by atomic mass is 9.86. The van der Waals surface area contributed by atoms with Gasteiger partial charge in [-0.3, -0.25) is 9.13 Å². The Morgan fingerprint density at radius 1 is 1.10 bits per heavy atom. The van der Waals surface area contributed by atoms with Gasteiger partial charge >= 0.3 is 11.8 Å². The molecule has 0 unspecified atom stereocenters. The average molecular weight is 411 g/mol. The van der Waals surface area contributed by atoms with Gasteiger partial charge in [-0.1, -0.05) is 44.2 Å². The number of ether oxygens (including phenoxy) is 1. The van der Waals surface area contributed by atoms with E-state index in [-0.39, 0.29) is 25.8 Å². The summed E-state index contributed by atoms with van der Waals surface area (Å²) < 4.78 is 8.97. The molecule has 2 heterocycles. The van der Waals surface area contributed by atoms with Crippen LogP contribution in [0, 0.1) is 0 Å². The number of pyridine rings is 1. The number of alkyl carbamates (subject to hydrolysis) is 1. The fourth-order valence-corrected chi connectivity index (χ4v) is 3.93. The van der Waals surface area contributed by atoms with Gasteiger partial charge in [-0.25, -0.2) is 14.6 Å². The van der Waals surface area contributed by atoms with Crippen LogP contribution in [-0.4, -0.2) is 26.3 Å². The van der Waals surface area contributed by atoms with Gasteiger partial charge in [0.1, 0.15) is 6.61 Å². The zero-order valence-corrected chi connectivity index (χ0v) is 17.5. The molecule has 0 atom stereocenters. The van der Waals surface area contributed by atoms with Crippen LogP contribution in [0.4, 0.5) is 4.79 Å². The van der Waals surface area contributed by atoms with Crippen molar-refractivity contribution in [2.24, 2.45) is 0 Å². The van der Waals surface area contributed by atoms with Crippen molar-refractivity contribution in [2.45, 2.75) is 64.3 Å². The number of rotatable bonds is 5. The third kappa shape index (κ3) is 3.97. The molecule has 0 saturated heterocycles. The number of hydrogen-bond acceptors (Lipinski definition) is 4. The highest BCUT2D eigenvalue weighted by Crippen LogP contribution is 2.38. The van der Waals surface area contributed by atoms with Gasteiger partial charge in [-0.15, -0.1) is 0 Å². The normalized spacial score (nSPS) is 20.1. The summed E-state index contributed by atoms with van der Waals surface area (Å²) in [5, 5.41) is 2.89. The first-order valence-electron chi connectivity index (χ1n) is 10.8. The van der Waals surface area contributed by atoms with E-state index in [9.17, 15) is 9.59 Å². The molecule has 2 aliphatic rings. The first-order valence-corrected chi connectivity index (χ1v) is 10.8. The first-order chi connectivity index (χ1) is 14.7. The molecule has 5 rings (SSSR count). The fourth-order valence-electron chi connectivity index (χ4n) is 3.93. The molecule has 7 heteroatoms. The van der Waals surface area contributed by atoms with E-state index in [1.54, 1.807) is 10.8 Å². The Labute approximate surface area is 177 Å². The largest absolute Gasteiger partial charge is 0.445 e. The highest BCUT2D eigenvalue weighted by atomic mass is 16.5. The van der Waals surface area contributed by atoms with Crippen molar-refractivity contribution in [3.63, 3.8) is 0 Å². The molecule has 2 aromatic heterocycles. The molecule has 2 fully saturated rings. The molecule has 1 N–H and O–H groups in total. The number of aromatic nitrogens is 3. The standard InChI is InChI=1S/C21H22N4O3.C2H6.H2/c26-20(28-13-14-5-2-1-3-6-14)23-15-11-17(12-15)25-19-18(7-4-10-22-19)24(21(25)27)16-8-9-16;1-2;/h1-7,10,15-17H,8-9,11-13H2,(H,23,26);1-2H3;1H. The van der Waals surface area contributed by atoms with Crippen LogP contribution in [0.1, 0.15) is 58.6 Å². The second-order valence-electron chi connectivity index (χ2n) is 7.63. The van der Waals surface area contributed by atoms with Gasteiger partial charge in [0.25, 0.3) is 0 Å². The molecule has 160 valence electrons. The summed E-state index contributed by atoms with van der Waals surface area (Å²) in [6.07, 6.45) is 4.83. The van der Waals surface area contributed by atoms with E-state index >= 15 is 0 Å². The van der Waals surface area contributed by atoms with E-state index in [2.05, 4.69) is 10.3 Å². The Bertz CT molecular complexity index is 1070. The molecule has 0 spiro atoms. The third-order valence-corrected chi connectivity index (χ3v) is 5.59. The number of nitrogens with zero attached hydrogens (tertiary/aromatic N) is 3. The van der Waals surface area contributed by atoms with Gasteiger partial charge < -0.3 is 10.1 Å². The summed E-state index contributed by atoms with van der Waals surface area (Å²) in [5.74, 6) is 0. The maximum Gasteiger partial charge on any atom is 0.407 e. The minimum absolute atomic E-state index is 0. The minimum atomic E-state index is -0.418. The van der Waals surface area contributed by atoms with Gasteiger partial charge in [0, 0.05) is 25.7 Å². The highest BCUT2D eigenvalue weighted by Gasteiger charge is 2.37. The summed E-state index contributed by atoms with van der Waals surface area (Å²) in [6.45, 7) is 4.25. The predicted molar refractivity (Wildman–Crippen MR) is 118 cm³/mol. The number of fused-ring (bicyclic) bond motifs is 1. The van der Waals surface area contributed by atoms with Gasteiger partial charge in [0.15, 0.2) is 5.65 Å². The zero-order valence-electron chi connectivity index (χ0n) is 17.5. The number of carbonyl (C=O) groups excluding carboxylic acids is 1. The second-order valence-corrected chi connectivity index (χ2v) is 7.63. The van der Waals surface area contributed by atoms with E-state index in [0.717, 1.165) is 29.6 Å². The van der Waals surface area contributed by atoms with Crippen LogP contribution in [0.3, 0.4) is 0 Å². The highest BCUT2D eigenvalue weighted by molar-refractivity contribution is 5.72. The van der Waals surface area contributed by atoms with E-state index in [4.69, 9.17) is 4.74 Å². The van der Waals surface area contributed by atoms with Crippen LogP contribution >= 0.6 is 0 Å². The molecule has 2 aliphatic carbocycles. The molecular formula is C23H30N4O3. The van der Waals surface area contributed by atoms with Crippen LogP contribution in [0.15, 0.2) is 53.5 Å². The van der Waals surface area contributed by atoms with Crippen LogP contribution in [0.2, 0.25) is 0 Å². The number of hydrogen-bond donors (Lipinski definition) is 1. The summed E-state index contributed by atoms with van der Waals surface area (Å²) in [5.41, 5.74) is 2.63. The van der Waals surface area contributed by atoms with Crippen molar-refractivity contribution in [3.05, 3.63) is 64.7 Å². The van der Waals surface area contributed by atoms with Crippen molar-refractivity contribution >= 4 is 17.3 Å². The lowest BCUT2D eigenvalue weighted by molar-refractivity contribution is 0.122. The van der Waals surface area contributed by atoms with E-state index in [0.29, 0.717) is 18.9 Å². The Kier molecular flexibility index (Phi) is 5.88. The second kappa shape index (κ2) is 8.73. The van der Waals surface area contributed by atoms with Crippen LogP contribution in [0.25, 0.3) is 11.2 Å². The number of imidazole rings is 1. The molecule has 7 nitrogen and oxygen atoms in total. The summed E-state index contributed by atoms with van der Waals surface area (Å²) in [4.78, 5) is 29.4. The Morgan fingerprint density at radius 2 is 1.83 bits per heavy atom. The van der Waals surface area contributed by atoms with Gasteiger partial charge in [-0.05, 0) is 43.4 Å². The van der Waals surface area contributed by atoms with Crippen LogP contribution in [-0.2, 0) is 11.3 Å². The summed E-state index contributed by atoms with van der Waals surface area (Å²) in [7, 11) is 0. The first kappa shape index (κ1) is 20.2. The molecule has 1 aromatic carbocycles. The van der Waals surface area contributed by atoms with Crippen molar-refractivity contribution in [3.8, 4) is 0 Å². The monoisotopic (exact) mass is 410 g/mol. The quantitative estimate of drug-likeness (QED) is 0.675. The number of nitrogens with one attached hydrogen (secondary N) is 1. The molecule has 0 aliphatic heterocycles. The average Bonchev–Trinajstić information content (AvgIpc) is 3.55. The molecule has 3 aromatic rings. The Morgan fingerprint density at radius 3 is 2.53 bits per heavy atom. The number of amides is 1. The zero-order chi connectivity index (χ0) is 21.1. The van der Waals surface area contributed by atoms with Gasteiger partial charge in [0.2, 0.25) is 0 Å². The van der Waals surface area contributed by atoms with Crippen molar-refractivity contribution in [2.75, 3.05) is 0 Å². The maximum absolute atomic E-state index is 13.0. The van der Waals surface area contributed by atoms with Gasteiger partial charge in [0.05, 0.1) is 5.52 Å². The predicted octanol–water partition coefficient (Wildman–Crippen LogP) is 4.44. The minimum Gasteiger partial charge on any atom is -0.445 e. The van der Waals surface area contributed by atoms with Crippen molar-refractivity contribution in [1.29, 1.82) is 0 Å². The topological polar surface area (TPSA) is 78.2 Å². The van der Waals surface area contributed by atoms with Crippen LogP contribution < -0.4 is 11.0 Å². The molecule has 30 heavy (non-hydrogen) atoms. The molecule has 1 amide bonds. The van der Waals surface area contributed by atoms with E-state index < -0.39 is 6.09 Å². The number of carbonyl (C=O) groups is 1. The molecule has 2 saturated carbocycles. The Hall–Kier alpha value is -3.09. The van der Waals surface area contributed by atoms with Crippen molar-refractivity contribution in [1.82, 2.24) is 19.4 Å². The van der Waals surface area contributed by atoms with Crippen molar-refractivity contribution < 1.29 is 11.0 Å². The summed E-state index contributed by atoms with van der Waals surface area (Å²) in [6, 6.07) is 13.8. The third-order valence-electron chi connectivity index (χ3n) is 5.59. The lowest BCUT2D eigenvalue weighted by Gasteiger charge is -2.35. The molecular weight excluding hydrogens is 380 g/mol. The maximum atomic E-state index is 13.0. The van der Waals surface area contributed by atoms with Gasteiger partial charge in [-0.2, -0.15) is 0 Å². The lowest BCUT2D eigenvalue weighted by Crippen LogP contribution is -2.47. The Balaban J connectivity index is 0.000000883. The van der Waals surface area contributed by atoms with E-state index in [1.165, 1.54) is 0 Å². The molecule has 0 bridgehead atoms.